The summed E-state index contributed by atoms with van der Waals surface area (Å²) in [6, 6.07) is 5.67. The maximum absolute atomic E-state index is 13.3. The van der Waals surface area contributed by atoms with Crippen LogP contribution >= 0.6 is 0 Å². The third-order valence-electron chi connectivity index (χ3n) is 3.75. The Morgan fingerprint density at radius 1 is 1.48 bits per heavy atom. The lowest BCUT2D eigenvalue weighted by atomic mass is 10.1. The Hall–Kier alpha value is -1.99. The maximum atomic E-state index is 13.3. The van der Waals surface area contributed by atoms with Gasteiger partial charge < -0.3 is 15.7 Å². The van der Waals surface area contributed by atoms with Crippen molar-refractivity contribution in [3.63, 3.8) is 0 Å². The number of hydrogen-bond acceptors (Lipinski definition) is 4. The molecular formula is C16H22FN3O3. The molecule has 0 radical (unpaired) electrons. The Balaban J connectivity index is 1.98. The van der Waals surface area contributed by atoms with Crippen LogP contribution in [0.5, 0.6) is 0 Å². The minimum atomic E-state index is -0.568. The minimum absolute atomic E-state index is 0.00981. The van der Waals surface area contributed by atoms with Gasteiger partial charge in [-0.3, -0.25) is 14.5 Å². The first-order valence-electron chi connectivity index (χ1n) is 7.74. The van der Waals surface area contributed by atoms with Gasteiger partial charge >= 0.3 is 0 Å². The van der Waals surface area contributed by atoms with E-state index in [1.807, 2.05) is 4.90 Å². The normalized spacial score (nSPS) is 18.5. The highest BCUT2D eigenvalue weighted by molar-refractivity contribution is 5.88. The van der Waals surface area contributed by atoms with Crippen LogP contribution in [0.2, 0.25) is 0 Å². The van der Waals surface area contributed by atoms with Crippen LogP contribution in [0.25, 0.3) is 0 Å². The lowest BCUT2D eigenvalue weighted by molar-refractivity contribution is -0.134. The number of halogens is 1. The average Bonchev–Trinajstić information content (AvgIpc) is 2.51. The highest BCUT2D eigenvalue weighted by Gasteiger charge is 2.31. The third-order valence-corrected chi connectivity index (χ3v) is 3.75. The first-order chi connectivity index (χ1) is 11.1. The first kappa shape index (κ1) is 17.4. The number of nitrogens with one attached hydrogen (secondary N) is 2. The van der Waals surface area contributed by atoms with Crippen LogP contribution < -0.4 is 10.6 Å². The Kier molecular flexibility index (Phi) is 6.49. The van der Waals surface area contributed by atoms with E-state index in [2.05, 4.69) is 10.6 Å². The van der Waals surface area contributed by atoms with Crippen molar-refractivity contribution in [3.05, 3.63) is 35.6 Å². The summed E-state index contributed by atoms with van der Waals surface area (Å²) in [4.78, 5) is 25.9. The maximum Gasteiger partial charge on any atom is 0.237 e. The molecular weight excluding hydrogens is 301 g/mol. The van der Waals surface area contributed by atoms with E-state index in [1.54, 1.807) is 12.1 Å². The molecule has 2 amide bonds. The Labute approximate surface area is 134 Å². The molecule has 126 valence electrons. The van der Waals surface area contributed by atoms with Gasteiger partial charge in [0.1, 0.15) is 5.82 Å². The number of aliphatic hydroxyl groups is 1. The molecule has 1 aliphatic rings. The second-order valence-corrected chi connectivity index (χ2v) is 5.54. The van der Waals surface area contributed by atoms with Crippen molar-refractivity contribution < 1.29 is 19.1 Å². The number of piperazine rings is 1. The Morgan fingerprint density at radius 2 is 2.30 bits per heavy atom. The number of hydrogen-bond donors (Lipinski definition) is 3. The van der Waals surface area contributed by atoms with Crippen LogP contribution in [-0.4, -0.2) is 54.1 Å². The second-order valence-electron chi connectivity index (χ2n) is 5.54. The Morgan fingerprint density at radius 3 is 3.04 bits per heavy atom. The monoisotopic (exact) mass is 323 g/mol. The van der Waals surface area contributed by atoms with Gasteiger partial charge in [-0.2, -0.15) is 0 Å². The molecule has 0 bridgehead atoms. The quantitative estimate of drug-likeness (QED) is 0.618. The first-order valence-corrected chi connectivity index (χ1v) is 7.74. The van der Waals surface area contributed by atoms with Gasteiger partial charge in [-0.05, 0) is 24.1 Å². The SMILES string of the molecule is O=C(C[C@@H]1C(=O)NCCN1Cc1cccc(F)c1)NCCCO. The molecule has 1 fully saturated rings. The zero-order valence-corrected chi connectivity index (χ0v) is 12.9. The van der Waals surface area contributed by atoms with Crippen molar-refractivity contribution in [1.29, 1.82) is 0 Å². The van der Waals surface area contributed by atoms with Gasteiger partial charge in [0.2, 0.25) is 11.8 Å². The van der Waals surface area contributed by atoms with Crippen LogP contribution in [0.1, 0.15) is 18.4 Å². The highest BCUT2D eigenvalue weighted by atomic mass is 19.1. The number of aliphatic hydroxyl groups excluding tert-OH is 1. The van der Waals surface area contributed by atoms with Crippen molar-refractivity contribution >= 4 is 11.8 Å². The zero-order chi connectivity index (χ0) is 16.7. The van der Waals surface area contributed by atoms with E-state index in [-0.39, 0.29) is 30.7 Å². The summed E-state index contributed by atoms with van der Waals surface area (Å²) in [6.07, 6.45) is 0.530. The van der Waals surface area contributed by atoms with Crippen LogP contribution in [0.15, 0.2) is 24.3 Å². The highest BCUT2D eigenvalue weighted by Crippen LogP contribution is 2.14. The van der Waals surface area contributed by atoms with Crippen molar-refractivity contribution in [3.8, 4) is 0 Å². The van der Waals surface area contributed by atoms with Crippen molar-refractivity contribution in [1.82, 2.24) is 15.5 Å². The predicted molar refractivity (Wildman–Crippen MR) is 82.9 cm³/mol. The molecule has 6 nitrogen and oxygen atoms in total. The third kappa shape index (κ3) is 5.30. The average molecular weight is 323 g/mol. The van der Waals surface area contributed by atoms with Gasteiger partial charge in [0, 0.05) is 32.8 Å². The number of benzene rings is 1. The second kappa shape index (κ2) is 8.59. The molecule has 2 rings (SSSR count). The van der Waals surface area contributed by atoms with Gasteiger partial charge in [-0.25, -0.2) is 4.39 Å². The van der Waals surface area contributed by atoms with Gasteiger partial charge in [0.15, 0.2) is 0 Å². The van der Waals surface area contributed by atoms with Crippen LogP contribution in [0.4, 0.5) is 4.39 Å². The van der Waals surface area contributed by atoms with E-state index in [0.29, 0.717) is 32.6 Å². The standard InChI is InChI=1S/C16H22FN3O3/c17-13-4-1-3-12(9-13)11-20-7-6-19-16(23)14(20)10-15(22)18-5-2-8-21/h1,3-4,9,14,21H,2,5-8,10-11H2,(H,18,22)(H,19,23)/t14-/m1/s1. The van der Waals surface area contributed by atoms with E-state index < -0.39 is 6.04 Å². The molecule has 0 aromatic heterocycles. The summed E-state index contributed by atoms with van der Waals surface area (Å²) in [6.45, 7) is 1.93. The molecule has 0 spiro atoms. The molecule has 7 heteroatoms. The lowest BCUT2D eigenvalue weighted by Crippen LogP contribution is -2.56. The predicted octanol–water partition coefficient (Wildman–Crippen LogP) is 0.0148. The van der Waals surface area contributed by atoms with E-state index in [1.165, 1.54) is 12.1 Å². The molecule has 1 aromatic carbocycles. The van der Waals surface area contributed by atoms with Gasteiger partial charge in [-0.1, -0.05) is 12.1 Å². The van der Waals surface area contributed by atoms with Gasteiger partial charge in [0.25, 0.3) is 0 Å². The molecule has 23 heavy (non-hydrogen) atoms. The smallest absolute Gasteiger partial charge is 0.237 e. The number of amides is 2. The molecule has 1 saturated heterocycles. The van der Waals surface area contributed by atoms with Crippen molar-refractivity contribution in [2.24, 2.45) is 0 Å². The van der Waals surface area contributed by atoms with E-state index >= 15 is 0 Å². The minimum Gasteiger partial charge on any atom is -0.396 e. The molecule has 0 unspecified atom stereocenters. The van der Waals surface area contributed by atoms with Crippen LogP contribution in [0.3, 0.4) is 0 Å². The molecule has 0 saturated carbocycles. The molecule has 0 aliphatic carbocycles. The summed E-state index contributed by atoms with van der Waals surface area (Å²) in [5.41, 5.74) is 0.769. The number of carbonyl (C=O) groups excluding carboxylic acids is 2. The van der Waals surface area contributed by atoms with E-state index in [9.17, 15) is 14.0 Å². The molecule has 1 heterocycles. The van der Waals surface area contributed by atoms with Crippen molar-refractivity contribution in [2.45, 2.75) is 25.4 Å². The number of rotatable bonds is 7. The van der Waals surface area contributed by atoms with Gasteiger partial charge in [0.05, 0.1) is 12.5 Å². The van der Waals surface area contributed by atoms with E-state index in [4.69, 9.17) is 5.11 Å². The topological polar surface area (TPSA) is 81.7 Å². The fourth-order valence-electron chi connectivity index (χ4n) is 2.60. The largest absolute Gasteiger partial charge is 0.396 e. The number of carbonyl (C=O) groups is 2. The summed E-state index contributed by atoms with van der Waals surface area (Å²) in [7, 11) is 0. The van der Waals surface area contributed by atoms with E-state index in [0.717, 1.165) is 5.56 Å². The fourth-order valence-corrected chi connectivity index (χ4v) is 2.60. The lowest BCUT2D eigenvalue weighted by Gasteiger charge is -2.34. The summed E-state index contributed by atoms with van der Waals surface area (Å²) in [5, 5.41) is 14.2. The molecule has 3 N–H and O–H groups in total. The van der Waals surface area contributed by atoms with Gasteiger partial charge in [-0.15, -0.1) is 0 Å². The fraction of sp³-hybridized carbons (Fsp3) is 0.500. The molecule has 1 aliphatic heterocycles. The zero-order valence-electron chi connectivity index (χ0n) is 12.9. The molecule has 1 atom stereocenters. The van der Waals surface area contributed by atoms with Crippen LogP contribution in [0, 0.1) is 5.82 Å². The number of nitrogens with zero attached hydrogens (tertiary/aromatic N) is 1. The summed E-state index contributed by atoms with van der Waals surface area (Å²) < 4.78 is 13.3. The Bertz CT molecular complexity index is 553. The molecule has 1 aromatic rings. The van der Waals surface area contributed by atoms with Crippen LogP contribution in [-0.2, 0) is 16.1 Å². The summed E-state index contributed by atoms with van der Waals surface area (Å²) in [5.74, 6) is -0.739. The van der Waals surface area contributed by atoms with Crippen molar-refractivity contribution in [2.75, 3.05) is 26.2 Å². The summed E-state index contributed by atoms with van der Waals surface area (Å²) >= 11 is 0.